The molecule has 0 bridgehead atoms. The van der Waals surface area contributed by atoms with Crippen LogP contribution in [-0.4, -0.2) is 27.3 Å². The quantitative estimate of drug-likeness (QED) is 0.782. The second-order valence-corrected chi connectivity index (χ2v) is 4.50. The van der Waals surface area contributed by atoms with E-state index < -0.39 is 0 Å². The summed E-state index contributed by atoms with van der Waals surface area (Å²) < 4.78 is 0. The molecule has 2 aromatic rings. The first kappa shape index (κ1) is 13.9. The van der Waals surface area contributed by atoms with Gasteiger partial charge in [-0.3, -0.25) is 9.78 Å². The van der Waals surface area contributed by atoms with Crippen LogP contribution in [-0.2, 0) is 6.54 Å². The fraction of sp³-hybridized carbons (Fsp3) is 0.188. The first-order chi connectivity index (χ1) is 9.70. The third-order valence-corrected chi connectivity index (χ3v) is 2.85. The highest BCUT2D eigenvalue weighted by Crippen LogP contribution is 2.08. The maximum Gasteiger partial charge on any atom is 0.274 e. The van der Waals surface area contributed by atoms with E-state index in [1.807, 2.05) is 37.3 Å². The Balaban J connectivity index is 2.17. The summed E-state index contributed by atoms with van der Waals surface area (Å²) in [7, 11) is 0. The smallest absolute Gasteiger partial charge is 0.274 e. The molecule has 1 aromatic heterocycles. The topological polar surface area (TPSA) is 46.1 Å². The van der Waals surface area contributed by atoms with Gasteiger partial charge in [-0.1, -0.05) is 36.4 Å². The normalized spacial score (nSPS) is 10.1. The predicted octanol–water partition coefficient (Wildman–Crippen LogP) is 2.61. The maximum absolute atomic E-state index is 12.4. The van der Waals surface area contributed by atoms with E-state index in [-0.39, 0.29) is 5.91 Å². The molecule has 1 heterocycles. The summed E-state index contributed by atoms with van der Waals surface area (Å²) in [5.41, 5.74) is 2.22. The minimum Gasteiger partial charge on any atom is -0.329 e. The van der Waals surface area contributed by atoms with Crippen molar-refractivity contribution in [1.29, 1.82) is 0 Å². The third-order valence-electron chi connectivity index (χ3n) is 2.85. The van der Waals surface area contributed by atoms with Gasteiger partial charge in [-0.2, -0.15) is 0 Å². The number of benzene rings is 1. The van der Waals surface area contributed by atoms with Crippen molar-refractivity contribution in [3.8, 4) is 0 Å². The largest absolute Gasteiger partial charge is 0.329 e. The summed E-state index contributed by atoms with van der Waals surface area (Å²) in [6.07, 6.45) is 4.82. The molecule has 0 saturated carbocycles. The van der Waals surface area contributed by atoms with Gasteiger partial charge in [0, 0.05) is 19.3 Å². The summed E-state index contributed by atoms with van der Waals surface area (Å²) in [6.45, 7) is 6.55. The summed E-state index contributed by atoms with van der Waals surface area (Å²) in [5, 5.41) is 0. The molecule has 4 heteroatoms. The number of aromatic nitrogens is 2. The Morgan fingerprint density at radius 3 is 2.60 bits per heavy atom. The van der Waals surface area contributed by atoms with Gasteiger partial charge in [0.1, 0.15) is 5.69 Å². The van der Waals surface area contributed by atoms with Gasteiger partial charge in [0.05, 0.1) is 11.9 Å². The summed E-state index contributed by atoms with van der Waals surface area (Å²) in [5.74, 6) is -0.138. The molecule has 1 aromatic carbocycles. The second-order valence-electron chi connectivity index (χ2n) is 4.50. The van der Waals surface area contributed by atoms with E-state index in [0.717, 1.165) is 11.3 Å². The van der Waals surface area contributed by atoms with Crippen LogP contribution in [0.2, 0.25) is 0 Å². The Labute approximate surface area is 118 Å². The zero-order valence-corrected chi connectivity index (χ0v) is 11.5. The molecule has 0 spiro atoms. The van der Waals surface area contributed by atoms with Crippen LogP contribution < -0.4 is 0 Å². The molecule has 20 heavy (non-hydrogen) atoms. The predicted molar refractivity (Wildman–Crippen MR) is 78.1 cm³/mol. The van der Waals surface area contributed by atoms with Crippen molar-refractivity contribution < 1.29 is 4.79 Å². The summed E-state index contributed by atoms with van der Waals surface area (Å²) in [6, 6.07) is 9.85. The SMILES string of the molecule is C=CCN(Cc1ccccc1)C(=O)c1cnc(C)cn1. The minimum absolute atomic E-state index is 0.138. The Bertz CT molecular complexity index is 578. The van der Waals surface area contributed by atoms with Gasteiger partial charge in [-0.15, -0.1) is 6.58 Å². The van der Waals surface area contributed by atoms with Gasteiger partial charge >= 0.3 is 0 Å². The van der Waals surface area contributed by atoms with Gasteiger partial charge in [0.25, 0.3) is 5.91 Å². The van der Waals surface area contributed by atoms with Crippen LogP contribution in [0.3, 0.4) is 0 Å². The van der Waals surface area contributed by atoms with E-state index in [0.29, 0.717) is 18.8 Å². The number of amides is 1. The molecule has 102 valence electrons. The van der Waals surface area contributed by atoms with Crippen molar-refractivity contribution in [3.63, 3.8) is 0 Å². The molecule has 0 saturated heterocycles. The third kappa shape index (κ3) is 3.51. The lowest BCUT2D eigenvalue weighted by Gasteiger charge is -2.20. The van der Waals surface area contributed by atoms with Crippen LogP contribution >= 0.6 is 0 Å². The molecule has 4 nitrogen and oxygen atoms in total. The van der Waals surface area contributed by atoms with E-state index in [4.69, 9.17) is 0 Å². The van der Waals surface area contributed by atoms with Crippen LogP contribution in [0.4, 0.5) is 0 Å². The van der Waals surface area contributed by atoms with Gasteiger partial charge in [-0.05, 0) is 12.5 Å². The monoisotopic (exact) mass is 267 g/mol. The summed E-state index contributed by atoms with van der Waals surface area (Å²) >= 11 is 0. The van der Waals surface area contributed by atoms with E-state index in [9.17, 15) is 4.79 Å². The fourth-order valence-corrected chi connectivity index (χ4v) is 1.84. The molecule has 1 amide bonds. The van der Waals surface area contributed by atoms with Gasteiger partial charge in [-0.25, -0.2) is 4.98 Å². The van der Waals surface area contributed by atoms with Gasteiger partial charge in [0.2, 0.25) is 0 Å². The highest BCUT2D eigenvalue weighted by Gasteiger charge is 2.16. The number of hydrogen-bond acceptors (Lipinski definition) is 3. The van der Waals surface area contributed by atoms with Crippen LogP contribution in [0.1, 0.15) is 21.7 Å². The lowest BCUT2D eigenvalue weighted by molar-refractivity contribution is 0.0756. The Morgan fingerprint density at radius 1 is 1.25 bits per heavy atom. The molecular weight excluding hydrogens is 250 g/mol. The molecule has 0 aliphatic carbocycles. The molecule has 0 aliphatic heterocycles. The molecule has 0 aliphatic rings. The average Bonchev–Trinajstić information content (AvgIpc) is 2.48. The molecule has 0 atom stereocenters. The van der Waals surface area contributed by atoms with E-state index in [1.54, 1.807) is 17.2 Å². The van der Waals surface area contributed by atoms with E-state index in [2.05, 4.69) is 16.5 Å². The van der Waals surface area contributed by atoms with Gasteiger partial charge < -0.3 is 4.90 Å². The van der Waals surface area contributed by atoms with Crippen molar-refractivity contribution in [3.05, 3.63) is 72.3 Å². The lowest BCUT2D eigenvalue weighted by atomic mass is 10.2. The van der Waals surface area contributed by atoms with Crippen LogP contribution in [0, 0.1) is 6.92 Å². The van der Waals surface area contributed by atoms with Crippen molar-refractivity contribution >= 4 is 5.91 Å². The van der Waals surface area contributed by atoms with Crippen LogP contribution in [0.5, 0.6) is 0 Å². The first-order valence-electron chi connectivity index (χ1n) is 6.43. The van der Waals surface area contributed by atoms with E-state index in [1.165, 1.54) is 6.20 Å². The Kier molecular flexibility index (Phi) is 4.60. The Morgan fingerprint density at radius 2 is 2.00 bits per heavy atom. The van der Waals surface area contributed by atoms with Crippen molar-refractivity contribution in [2.24, 2.45) is 0 Å². The zero-order chi connectivity index (χ0) is 14.4. The highest BCUT2D eigenvalue weighted by molar-refractivity contribution is 5.92. The molecule has 0 unspecified atom stereocenters. The standard InChI is InChI=1S/C16H17N3O/c1-3-9-19(12-14-7-5-4-6-8-14)16(20)15-11-17-13(2)10-18-15/h3-8,10-11H,1,9,12H2,2H3. The number of hydrogen-bond donors (Lipinski definition) is 0. The first-order valence-corrected chi connectivity index (χ1v) is 6.43. The van der Waals surface area contributed by atoms with Gasteiger partial charge in [0.15, 0.2) is 0 Å². The van der Waals surface area contributed by atoms with Crippen molar-refractivity contribution in [2.75, 3.05) is 6.54 Å². The number of carbonyl (C=O) groups excluding carboxylic acids is 1. The number of rotatable bonds is 5. The van der Waals surface area contributed by atoms with E-state index >= 15 is 0 Å². The lowest BCUT2D eigenvalue weighted by Crippen LogP contribution is -2.31. The number of nitrogens with zero attached hydrogens (tertiary/aromatic N) is 3. The molecule has 0 radical (unpaired) electrons. The minimum atomic E-state index is -0.138. The van der Waals surface area contributed by atoms with Crippen molar-refractivity contribution in [1.82, 2.24) is 14.9 Å². The Hall–Kier alpha value is -2.49. The van der Waals surface area contributed by atoms with Crippen LogP contribution in [0.25, 0.3) is 0 Å². The molecule has 0 N–H and O–H groups in total. The van der Waals surface area contributed by atoms with Crippen LogP contribution in [0.15, 0.2) is 55.4 Å². The number of carbonyl (C=O) groups is 1. The molecular formula is C16H17N3O. The summed E-state index contributed by atoms with van der Waals surface area (Å²) in [4.78, 5) is 22.4. The molecule has 0 fully saturated rings. The number of aryl methyl sites for hydroxylation is 1. The second kappa shape index (κ2) is 6.61. The maximum atomic E-state index is 12.4. The average molecular weight is 267 g/mol. The fourth-order valence-electron chi connectivity index (χ4n) is 1.84. The highest BCUT2D eigenvalue weighted by atomic mass is 16.2. The van der Waals surface area contributed by atoms with Crippen molar-refractivity contribution in [2.45, 2.75) is 13.5 Å². The molecule has 2 rings (SSSR count). The zero-order valence-electron chi connectivity index (χ0n) is 11.5.